The van der Waals surface area contributed by atoms with Crippen molar-refractivity contribution in [1.29, 1.82) is 0 Å². The predicted molar refractivity (Wildman–Crippen MR) is 78.0 cm³/mol. The van der Waals surface area contributed by atoms with Gasteiger partial charge < -0.3 is 10.0 Å². The lowest BCUT2D eigenvalue weighted by atomic mass is 9.71. The molecule has 2 rings (SSSR count). The lowest BCUT2D eigenvalue weighted by molar-refractivity contribution is -0.0452. The van der Waals surface area contributed by atoms with Gasteiger partial charge in [0.15, 0.2) is 0 Å². The molecule has 1 N–H and O–H groups in total. The summed E-state index contributed by atoms with van der Waals surface area (Å²) in [5, 5.41) is 10.9. The summed E-state index contributed by atoms with van der Waals surface area (Å²) in [6.07, 6.45) is 5.93. The van der Waals surface area contributed by atoms with Gasteiger partial charge in [-0.2, -0.15) is 0 Å². The summed E-state index contributed by atoms with van der Waals surface area (Å²) in [5.74, 6) is 0.671. The van der Waals surface area contributed by atoms with Crippen LogP contribution in [0.25, 0.3) is 0 Å². The summed E-state index contributed by atoms with van der Waals surface area (Å²) in [5.41, 5.74) is 1.79. The van der Waals surface area contributed by atoms with Gasteiger partial charge in [0, 0.05) is 17.5 Å². The molecule has 0 amide bonds. The molecule has 1 aromatic heterocycles. The third kappa shape index (κ3) is 2.82. The molecule has 3 nitrogen and oxygen atoms in total. The second-order valence-electron chi connectivity index (χ2n) is 6.33. The summed E-state index contributed by atoms with van der Waals surface area (Å²) < 4.78 is 0. The second-order valence-corrected chi connectivity index (χ2v) is 6.33. The van der Waals surface area contributed by atoms with Gasteiger partial charge in [0.25, 0.3) is 0 Å². The van der Waals surface area contributed by atoms with E-state index in [1.165, 1.54) is 12.8 Å². The van der Waals surface area contributed by atoms with E-state index in [2.05, 4.69) is 30.9 Å². The van der Waals surface area contributed by atoms with Gasteiger partial charge in [-0.3, -0.25) is 4.98 Å². The number of aromatic nitrogens is 1. The molecule has 3 atom stereocenters. The number of hydrogen-bond acceptors (Lipinski definition) is 3. The van der Waals surface area contributed by atoms with Crippen molar-refractivity contribution in [1.82, 2.24) is 9.88 Å². The minimum absolute atomic E-state index is 0.144. The molecule has 1 heterocycles. The third-order valence-corrected chi connectivity index (χ3v) is 4.66. The number of hydrogen-bond donors (Lipinski definition) is 1. The zero-order valence-electron chi connectivity index (χ0n) is 12.6. The van der Waals surface area contributed by atoms with Crippen LogP contribution in [-0.4, -0.2) is 34.6 Å². The summed E-state index contributed by atoms with van der Waals surface area (Å²) in [7, 11) is 4.17. The molecule has 1 fully saturated rings. The standard InChI is InChI=1S/C16H26N2O/c1-12-6-5-9-16(10-12,18(3)4)15(19)14-8-7-13(2)17-11-14/h7-8,11-12,15,19H,5-6,9-10H2,1-4H3. The van der Waals surface area contributed by atoms with Crippen LogP contribution >= 0.6 is 0 Å². The number of aliphatic hydroxyl groups is 1. The Labute approximate surface area is 116 Å². The summed E-state index contributed by atoms with van der Waals surface area (Å²) in [4.78, 5) is 6.54. The zero-order chi connectivity index (χ0) is 14.0. The largest absolute Gasteiger partial charge is 0.386 e. The van der Waals surface area contributed by atoms with E-state index in [0.717, 1.165) is 24.1 Å². The minimum Gasteiger partial charge on any atom is -0.386 e. The molecular weight excluding hydrogens is 236 g/mol. The van der Waals surface area contributed by atoms with Crippen LogP contribution in [0.1, 0.15) is 50.0 Å². The number of aryl methyl sites for hydroxylation is 1. The molecule has 3 heteroatoms. The molecule has 1 aliphatic carbocycles. The Morgan fingerprint density at radius 2 is 2.16 bits per heavy atom. The van der Waals surface area contributed by atoms with Crippen molar-refractivity contribution in [3.8, 4) is 0 Å². The molecule has 0 saturated heterocycles. The fourth-order valence-corrected chi connectivity index (χ4v) is 3.41. The number of pyridine rings is 1. The van der Waals surface area contributed by atoms with Crippen LogP contribution < -0.4 is 0 Å². The Hall–Kier alpha value is -0.930. The highest BCUT2D eigenvalue weighted by Crippen LogP contribution is 2.43. The molecule has 1 saturated carbocycles. The number of rotatable bonds is 3. The van der Waals surface area contributed by atoms with Crippen molar-refractivity contribution < 1.29 is 5.11 Å². The number of aliphatic hydroxyl groups excluding tert-OH is 1. The van der Waals surface area contributed by atoms with Crippen LogP contribution in [0.4, 0.5) is 0 Å². The normalized spacial score (nSPS) is 29.5. The lowest BCUT2D eigenvalue weighted by Gasteiger charge is -2.48. The van der Waals surface area contributed by atoms with Crippen molar-refractivity contribution in [2.45, 2.75) is 51.2 Å². The minimum atomic E-state index is -0.460. The van der Waals surface area contributed by atoms with Crippen LogP contribution in [0.3, 0.4) is 0 Å². The predicted octanol–water partition coefficient (Wildman–Crippen LogP) is 2.93. The molecule has 19 heavy (non-hydrogen) atoms. The van der Waals surface area contributed by atoms with Gasteiger partial charge in [0.1, 0.15) is 0 Å². The highest BCUT2D eigenvalue weighted by molar-refractivity contribution is 5.20. The van der Waals surface area contributed by atoms with E-state index in [-0.39, 0.29) is 5.54 Å². The van der Waals surface area contributed by atoms with Crippen molar-refractivity contribution in [2.75, 3.05) is 14.1 Å². The van der Waals surface area contributed by atoms with Crippen LogP contribution in [0.15, 0.2) is 18.3 Å². The maximum Gasteiger partial charge on any atom is 0.0988 e. The van der Waals surface area contributed by atoms with Crippen LogP contribution in [0.2, 0.25) is 0 Å². The first-order valence-electron chi connectivity index (χ1n) is 7.24. The van der Waals surface area contributed by atoms with E-state index >= 15 is 0 Å². The molecule has 0 bridgehead atoms. The Morgan fingerprint density at radius 3 is 2.68 bits per heavy atom. The Balaban J connectivity index is 2.30. The summed E-state index contributed by atoms with van der Waals surface area (Å²) >= 11 is 0. The molecular formula is C16H26N2O. The summed E-state index contributed by atoms with van der Waals surface area (Å²) in [6, 6.07) is 3.99. The van der Waals surface area contributed by atoms with Crippen LogP contribution in [0, 0.1) is 12.8 Å². The average molecular weight is 262 g/mol. The number of nitrogens with zero attached hydrogens (tertiary/aromatic N) is 2. The van der Waals surface area contributed by atoms with E-state index in [1.54, 1.807) is 0 Å². The molecule has 106 valence electrons. The molecule has 0 aliphatic heterocycles. The maximum atomic E-state index is 10.9. The molecule has 1 aliphatic rings. The van der Waals surface area contributed by atoms with Gasteiger partial charge >= 0.3 is 0 Å². The first-order valence-corrected chi connectivity index (χ1v) is 7.24. The van der Waals surface area contributed by atoms with Gasteiger partial charge in [-0.15, -0.1) is 0 Å². The molecule has 3 unspecified atom stereocenters. The second kappa shape index (κ2) is 5.59. The first-order chi connectivity index (χ1) is 8.95. The van der Waals surface area contributed by atoms with E-state index in [1.807, 2.05) is 25.3 Å². The van der Waals surface area contributed by atoms with Crippen molar-refractivity contribution >= 4 is 0 Å². The smallest absolute Gasteiger partial charge is 0.0988 e. The fraction of sp³-hybridized carbons (Fsp3) is 0.688. The number of likely N-dealkylation sites (N-methyl/N-ethyl adjacent to an activating group) is 1. The SMILES string of the molecule is Cc1ccc(C(O)C2(N(C)C)CCCC(C)C2)cn1. The van der Waals surface area contributed by atoms with Gasteiger partial charge in [-0.25, -0.2) is 0 Å². The Kier molecular flexibility index (Phi) is 4.26. The van der Waals surface area contributed by atoms with Crippen LogP contribution in [-0.2, 0) is 0 Å². The van der Waals surface area contributed by atoms with Gasteiger partial charge in [-0.1, -0.05) is 25.8 Å². The topological polar surface area (TPSA) is 36.4 Å². The monoisotopic (exact) mass is 262 g/mol. The highest BCUT2D eigenvalue weighted by Gasteiger charge is 2.43. The molecule has 1 aromatic rings. The quantitative estimate of drug-likeness (QED) is 0.910. The Bertz CT molecular complexity index is 415. The Morgan fingerprint density at radius 1 is 1.42 bits per heavy atom. The first kappa shape index (κ1) is 14.5. The zero-order valence-corrected chi connectivity index (χ0v) is 12.6. The average Bonchev–Trinajstić information content (AvgIpc) is 2.38. The molecule has 0 radical (unpaired) electrons. The maximum absolute atomic E-state index is 10.9. The van der Waals surface area contributed by atoms with E-state index < -0.39 is 6.10 Å². The van der Waals surface area contributed by atoms with Crippen LogP contribution in [0.5, 0.6) is 0 Å². The molecule has 0 aromatic carbocycles. The van der Waals surface area contributed by atoms with E-state index in [0.29, 0.717) is 5.92 Å². The van der Waals surface area contributed by atoms with Crippen molar-refractivity contribution in [3.63, 3.8) is 0 Å². The highest BCUT2D eigenvalue weighted by atomic mass is 16.3. The molecule has 0 spiro atoms. The van der Waals surface area contributed by atoms with Crippen molar-refractivity contribution in [2.24, 2.45) is 5.92 Å². The van der Waals surface area contributed by atoms with Gasteiger partial charge in [0.05, 0.1) is 11.6 Å². The van der Waals surface area contributed by atoms with Crippen molar-refractivity contribution in [3.05, 3.63) is 29.6 Å². The summed E-state index contributed by atoms with van der Waals surface area (Å²) in [6.45, 7) is 4.26. The third-order valence-electron chi connectivity index (χ3n) is 4.66. The van der Waals surface area contributed by atoms with Gasteiger partial charge in [0.2, 0.25) is 0 Å². The van der Waals surface area contributed by atoms with E-state index in [4.69, 9.17) is 0 Å². The van der Waals surface area contributed by atoms with E-state index in [9.17, 15) is 5.11 Å². The van der Waals surface area contributed by atoms with Gasteiger partial charge in [-0.05, 0) is 45.8 Å². The fourth-order valence-electron chi connectivity index (χ4n) is 3.41. The lowest BCUT2D eigenvalue weighted by Crippen LogP contribution is -2.52.